The number of rotatable bonds is 2. The molecule has 0 saturated carbocycles. The van der Waals surface area contributed by atoms with Crippen LogP contribution in [0.15, 0.2) is 18.2 Å². The maximum atomic E-state index is 3.54. The van der Waals surface area contributed by atoms with E-state index in [1.807, 2.05) is 0 Å². The smallest absolute Gasteiger partial charge is 0.0222 e. The van der Waals surface area contributed by atoms with E-state index in [4.69, 9.17) is 0 Å². The first-order valence-electron chi connectivity index (χ1n) is 4.10. The summed E-state index contributed by atoms with van der Waals surface area (Å²) < 4.78 is 0. The van der Waals surface area contributed by atoms with Crippen LogP contribution in [-0.4, -0.2) is 0 Å². The van der Waals surface area contributed by atoms with Crippen LogP contribution in [0.4, 0.5) is 0 Å². The molecule has 1 aromatic rings. The van der Waals surface area contributed by atoms with Crippen molar-refractivity contribution in [1.82, 2.24) is 0 Å². The van der Waals surface area contributed by atoms with Crippen molar-refractivity contribution in [2.75, 3.05) is 0 Å². The first-order valence-corrected chi connectivity index (χ1v) is 4.60. The zero-order valence-corrected chi connectivity index (χ0v) is 8.15. The summed E-state index contributed by atoms with van der Waals surface area (Å²) in [6.07, 6.45) is 2.23. The summed E-state index contributed by atoms with van der Waals surface area (Å²) in [5.41, 5.74) is 2.82. The summed E-state index contributed by atoms with van der Waals surface area (Å²) in [7, 11) is 3.54. The number of hydrogen-bond acceptors (Lipinski definition) is 0. The minimum atomic E-state index is 1.12. The highest BCUT2D eigenvalue weighted by Crippen LogP contribution is 2.06. The second-order valence-electron chi connectivity index (χ2n) is 2.75. The SMILES string of the molecule is CCc1cc([PH])cc(CC)c1. The highest BCUT2D eigenvalue weighted by atomic mass is 31.0. The largest absolute Gasteiger partial charge is 0.0633 e. The summed E-state index contributed by atoms with van der Waals surface area (Å²) in [4.78, 5) is 0. The van der Waals surface area contributed by atoms with Crippen molar-refractivity contribution in [2.45, 2.75) is 26.7 Å². The quantitative estimate of drug-likeness (QED) is 0.591. The minimum absolute atomic E-state index is 1.12. The first kappa shape index (κ1) is 8.74. The third-order valence-corrected chi connectivity index (χ3v) is 2.16. The third-order valence-electron chi connectivity index (χ3n) is 1.87. The van der Waals surface area contributed by atoms with Gasteiger partial charge in [-0.25, -0.2) is 0 Å². The van der Waals surface area contributed by atoms with Crippen LogP contribution in [0, 0.1) is 0 Å². The standard InChI is InChI=1S/C10H14P/c1-3-8-5-9(4-2)7-10(11)6-8/h5-7,11H,3-4H2,1-2H3. The van der Waals surface area contributed by atoms with E-state index in [1.54, 1.807) is 0 Å². The van der Waals surface area contributed by atoms with Crippen LogP contribution in [0.2, 0.25) is 0 Å². The molecule has 0 atom stereocenters. The molecule has 59 valence electrons. The maximum Gasteiger partial charge on any atom is -0.0222 e. The highest BCUT2D eigenvalue weighted by molar-refractivity contribution is 7.27. The molecule has 0 aliphatic heterocycles. The Kier molecular flexibility index (Phi) is 3.08. The van der Waals surface area contributed by atoms with Gasteiger partial charge in [-0.3, -0.25) is 0 Å². The summed E-state index contributed by atoms with van der Waals surface area (Å²) in [6, 6.07) is 6.62. The van der Waals surface area contributed by atoms with E-state index in [2.05, 4.69) is 41.3 Å². The molecule has 11 heavy (non-hydrogen) atoms. The molecule has 0 aliphatic carbocycles. The lowest BCUT2D eigenvalue weighted by Crippen LogP contribution is -1.96. The molecule has 0 aromatic heterocycles. The zero-order chi connectivity index (χ0) is 8.27. The average molecular weight is 165 g/mol. The van der Waals surface area contributed by atoms with Crippen LogP contribution in [0.5, 0.6) is 0 Å². The van der Waals surface area contributed by atoms with E-state index in [0.717, 1.165) is 12.8 Å². The van der Waals surface area contributed by atoms with Crippen molar-refractivity contribution in [2.24, 2.45) is 0 Å². The summed E-state index contributed by atoms with van der Waals surface area (Å²) in [5, 5.41) is 1.20. The zero-order valence-electron chi connectivity index (χ0n) is 7.15. The molecule has 0 aliphatic rings. The average Bonchev–Trinajstić information content (AvgIpc) is 2.03. The fourth-order valence-corrected chi connectivity index (χ4v) is 1.54. The molecule has 0 N–H and O–H groups in total. The molecule has 0 spiro atoms. The lowest BCUT2D eigenvalue weighted by Gasteiger charge is -2.02. The molecule has 0 saturated heterocycles. The van der Waals surface area contributed by atoms with Gasteiger partial charge in [0.25, 0.3) is 0 Å². The van der Waals surface area contributed by atoms with E-state index < -0.39 is 0 Å². The minimum Gasteiger partial charge on any atom is -0.0633 e. The normalized spacial score (nSPS) is 10.1. The summed E-state index contributed by atoms with van der Waals surface area (Å²) >= 11 is 0. The van der Waals surface area contributed by atoms with Crippen molar-refractivity contribution in [3.05, 3.63) is 29.3 Å². The summed E-state index contributed by atoms with van der Waals surface area (Å²) in [5.74, 6) is 0. The van der Waals surface area contributed by atoms with E-state index in [1.165, 1.54) is 16.4 Å². The van der Waals surface area contributed by atoms with Gasteiger partial charge in [0, 0.05) is 0 Å². The second kappa shape index (κ2) is 3.88. The highest BCUT2D eigenvalue weighted by Gasteiger charge is 1.94. The van der Waals surface area contributed by atoms with E-state index in [0.29, 0.717) is 0 Å². The van der Waals surface area contributed by atoms with Crippen molar-refractivity contribution >= 4 is 14.5 Å². The molecule has 0 unspecified atom stereocenters. The van der Waals surface area contributed by atoms with Gasteiger partial charge in [0.15, 0.2) is 0 Å². The Bertz CT molecular complexity index is 218. The molecule has 1 radical (unpaired) electrons. The molecular formula is C10H14P. The Labute approximate surface area is 71.2 Å². The lowest BCUT2D eigenvalue weighted by atomic mass is 10.1. The maximum absolute atomic E-state index is 3.54. The van der Waals surface area contributed by atoms with Gasteiger partial charge in [0.05, 0.1) is 0 Å². The van der Waals surface area contributed by atoms with Gasteiger partial charge in [-0.2, -0.15) is 0 Å². The Morgan fingerprint density at radius 1 is 1.00 bits per heavy atom. The van der Waals surface area contributed by atoms with Crippen molar-refractivity contribution in [3.8, 4) is 0 Å². The van der Waals surface area contributed by atoms with Gasteiger partial charge in [-0.05, 0) is 29.3 Å². The predicted octanol–water partition coefficient (Wildman–Crippen LogP) is 2.58. The van der Waals surface area contributed by atoms with Crippen LogP contribution in [0.25, 0.3) is 0 Å². The molecule has 0 bridgehead atoms. The van der Waals surface area contributed by atoms with Gasteiger partial charge < -0.3 is 0 Å². The monoisotopic (exact) mass is 165 g/mol. The molecule has 0 nitrogen and oxygen atoms in total. The molecule has 1 rings (SSSR count). The Balaban J connectivity index is 3.02. The Hall–Kier alpha value is -0.350. The van der Waals surface area contributed by atoms with Gasteiger partial charge >= 0.3 is 0 Å². The molecule has 0 heterocycles. The molecule has 1 heteroatoms. The van der Waals surface area contributed by atoms with E-state index in [-0.39, 0.29) is 0 Å². The van der Waals surface area contributed by atoms with Gasteiger partial charge in [0.2, 0.25) is 0 Å². The number of hydrogen-bond donors (Lipinski definition) is 0. The van der Waals surface area contributed by atoms with Crippen LogP contribution < -0.4 is 5.30 Å². The van der Waals surface area contributed by atoms with Crippen molar-refractivity contribution < 1.29 is 0 Å². The van der Waals surface area contributed by atoms with Crippen molar-refractivity contribution in [1.29, 1.82) is 0 Å². The topological polar surface area (TPSA) is 0 Å². The van der Waals surface area contributed by atoms with Crippen LogP contribution in [0.1, 0.15) is 25.0 Å². The third kappa shape index (κ3) is 2.31. The summed E-state index contributed by atoms with van der Waals surface area (Å²) in [6.45, 7) is 4.36. The molecule has 0 amide bonds. The molecular weight excluding hydrogens is 151 g/mol. The molecule has 0 fully saturated rings. The van der Waals surface area contributed by atoms with Crippen molar-refractivity contribution in [3.63, 3.8) is 0 Å². The van der Waals surface area contributed by atoms with Crippen LogP contribution in [0.3, 0.4) is 0 Å². The number of aryl methyl sites for hydroxylation is 2. The van der Waals surface area contributed by atoms with Gasteiger partial charge in [0.1, 0.15) is 0 Å². The fraction of sp³-hybridized carbons (Fsp3) is 0.400. The lowest BCUT2D eigenvalue weighted by molar-refractivity contribution is 1.09. The Morgan fingerprint density at radius 3 is 1.82 bits per heavy atom. The van der Waals surface area contributed by atoms with Crippen LogP contribution >= 0.6 is 9.24 Å². The van der Waals surface area contributed by atoms with Gasteiger partial charge in [-0.1, -0.05) is 41.3 Å². The first-order chi connectivity index (χ1) is 5.26. The van der Waals surface area contributed by atoms with E-state index in [9.17, 15) is 0 Å². The Morgan fingerprint density at radius 2 is 1.45 bits per heavy atom. The van der Waals surface area contributed by atoms with Crippen LogP contribution in [-0.2, 0) is 12.8 Å². The molecule has 1 aromatic carbocycles. The second-order valence-corrected chi connectivity index (χ2v) is 3.32. The van der Waals surface area contributed by atoms with Gasteiger partial charge in [-0.15, -0.1) is 0 Å². The fourth-order valence-electron chi connectivity index (χ4n) is 1.17. The number of benzene rings is 1. The predicted molar refractivity (Wildman–Crippen MR) is 53.1 cm³/mol. The van der Waals surface area contributed by atoms with E-state index >= 15 is 0 Å².